The van der Waals surface area contributed by atoms with E-state index < -0.39 is 30.3 Å². The molecule has 2 aliphatic rings. The summed E-state index contributed by atoms with van der Waals surface area (Å²) in [6.07, 6.45) is 0.249. The molecule has 1 aliphatic carbocycles. The minimum atomic E-state index is -1.09. The van der Waals surface area contributed by atoms with Crippen LogP contribution in [0.4, 0.5) is 4.79 Å². The second-order valence-electron chi connectivity index (χ2n) is 8.75. The zero-order chi connectivity index (χ0) is 24.1. The Kier molecular flexibility index (Phi) is 7.47. The number of nitrogens with one attached hydrogen (secondary N) is 2. The average molecular weight is 467 g/mol. The first-order valence-corrected chi connectivity index (χ1v) is 11.7. The zero-order valence-electron chi connectivity index (χ0n) is 19.2. The first kappa shape index (κ1) is 23.8. The highest BCUT2D eigenvalue weighted by atomic mass is 16.5. The highest BCUT2D eigenvalue weighted by Gasteiger charge is 2.35. The van der Waals surface area contributed by atoms with Crippen molar-refractivity contribution in [1.29, 1.82) is 0 Å². The number of carboxylic acid groups (broad SMARTS) is 1. The number of aliphatic carboxylic acids is 1. The van der Waals surface area contributed by atoms with Gasteiger partial charge >= 0.3 is 12.1 Å². The van der Waals surface area contributed by atoms with E-state index in [1.54, 1.807) is 0 Å². The maximum Gasteiger partial charge on any atom is 0.407 e. The highest BCUT2D eigenvalue weighted by Crippen LogP contribution is 2.44. The lowest BCUT2D eigenvalue weighted by atomic mass is 9.98. The fourth-order valence-corrected chi connectivity index (χ4v) is 4.85. The van der Waals surface area contributed by atoms with Gasteiger partial charge in [-0.3, -0.25) is 4.79 Å². The molecule has 0 aromatic heterocycles. The Balaban J connectivity index is 1.33. The number of fused-ring (bicyclic) bond motifs is 3. The van der Waals surface area contributed by atoms with Gasteiger partial charge in [-0.05, 0) is 35.1 Å². The molecule has 1 saturated heterocycles. The fraction of sp³-hybridized carbons (Fsp3) is 0.423. The molecule has 0 saturated carbocycles. The van der Waals surface area contributed by atoms with E-state index in [2.05, 4.69) is 34.9 Å². The Labute approximate surface area is 198 Å². The molecule has 0 spiro atoms. The van der Waals surface area contributed by atoms with Gasteiger partial charge in [0.1, 0.15) is 6.61 Å². The second-order valence-corrected chi connectivity index (χ2v) is 8.75. The van der Waals surface area contributed by atoms with E-state index >= 15 is 0 Å². The molecule has 8 nitrogen and oxygen atoms in total. The minimum absolute atomic E-state index is 0.0404. The molecule has 0 radical (unpaired) electrons. The fourth-order valence-electron chi connectivity index (χ4n) is 4.85. The van der Waals surface area contributed by atoms with Crippen LogP contribution < -0.4 is 10.6 Å². The number of benzene rings is 2. The van der Waals surface area contributed by atoms with Crippen LogP contribution in [0.15, 0.2) is 48.5 Å². The van der Waals surface area contributed by atoms with Crippen molar-refractivity contribution < 1.29 is 29.0 Å². The molecule has 180 valence electrons. The Bertz CT molecular complexity index is 1010. The quantitative estimate of drug-likeness (QED) is 0.522. The summed E-state index contributed by atoms with van der Waals surface area (Å²) in [7, 11) is 0. The third-order valence-electron chi connectivity index (χ3n) is 6.42. The molecule has 2 aromatic rings. The predicted molar refractivity (Wildman–Crippen MR) is 125 cm³/mol. The van der Waals surface area contributed by atoms with E-state index in [4.69, 9.17) is 9.47 Å². The summed E-state index contributed by atoms with van der Waals surface area (Å²) in [4.78, 5) is 36.4. The summed E-state index contributed by atoms with van der Waals surface area (Å²) in [5, 5.41) is 14.7. The highest BCUT2D eigenvalue weighted by molar-refractivity contribution is 5.81. The molecule has 3 N–H and O–H groups in total. The van der Waals surface area contributed by atoms with Gasteiger partial charge in [0.25, 0.3) is 0 Å². The van der Waals surface area contributed by atoms with Crippen LogP contribution in [0.2, 0.25) is 0 Å². The van der Waals surface area contributed by atoms with Crippen LogP contribution in [0.1, 0.15) is 49.7 Å². The molecule has 1 aliphatic heterocycles. The van der Waals surface area contributed by atoms with Gasteiger partial charge in [0, 0.05) is 25.0 Å². The van der Waals surface area contributed by atoms with Gasteiger partial charge in [-0.2, -0.15) is 0 Å². The van der Waals surface area contributed by atoms with Crippen molar-refractivity contribution in [2.45, 2.75) is 56.7 Å². The van der Waals surface area contributed by atoms with Crippen molar-refractivity contribution in [2.24, 2.45) is 0 Å². The molecule has 0 unspecified atom stereocenters. The molecule has 1 fully saturated rings. The van der Waals surface area contributed by atoms with Gasteiger partial charge in [0.15, 0.2) is 6.10 Å². The van der Waals surface area contributed by atoms with Crippen LogP contribution in [-0.2, 0) is 19.1 Å². The van der Waals surface area contributed by atoms with Crippen LogP contribution in [0.5, 0.6) is 0 Å². The average Bonchev–Trinajstić information content (AvgIpc) is 3.40. The molecule has 0 bridgehead atoms. The first-order valence-electron chi connectivity index (χ1n) is 11.7. The molecular weight excluding hydrogens is 436 g/mol. The van der Waals surface area contributed by atoms with Gasteiger partial charge < -0.3 is 25.2 Å². The molecular formula is C26H30N2O6. The van der Waals surface area contributed by atoms with Crippen molar-refractivity contribution in [3.8, 4) is 11.1 Å². The molecule has 2 aromatic carbocycles. The number of hydrogen-bond donors (Lipinski definition) is 3. The summed E-state index contributed by atoms with van der Waals surface area (Å²) in [6, 6.07) is 15.3. The van der Waals surface area contributed by atoms with Crippen molar-refractivity contribution in [2.75, 3.05) is 13.2 Å². The van der Waals surface area contributed by atoms with Crippen molar-refractivity contribution in [3.63, 3.8) is 0 Å². The van der Waals surface area contributed by atoms with Gasteiger partial charge in [0.2, 0.25) is 5.91 Å². The van der Waals surface area contributed by atoms with E-state index in [0.717, 1.165) is 28.7 Å². The van der Waals surface area contributed by atoms with E-state index in [1.807, 2.05) is 31.2 Å². The van der Waals surface area contributed by atoms with Crippen LogP contribution in [0, 0.1) is 0 Å². The normalized spacial score (nSPS) is 19.7. The van der Waals surface area contributed by atoms with Gasteiger partial charge in [-0.1, -0.05) is 61.9 Å². The summed E-state index contributed by atoms with van der Waals surface area (Å²) in [5.74, 6) is -1.45. The molecule has 2 amide bonds. The summed E-state index contributed by atoms with van der Waals surface area (Å²) >= 11 is 0. The van der Waals surface area contributed by atoms with Crippen molar-refractivity contribution >= 4 is 18.0 Å². The summed E-state index contributed by atoms with van der Waals surface area (Å²) in [5.41, 5.74) is 4.58. The SMILES string of the molecule is CCC[C@@H](CC(=O)N[C@@H]1CCO[C@@H]1C(=O)O)NC(=O)OCC1c2ccccc2-c2ccccc21. The van der Waals surface area contributed by atoms with E-state index in [-0.39, 0.29) is 31.5 Å². The standard InChI is InChI=1S/C26H30N2O6/c1-2-7-16(14-23(29)28-22-12-13-33-24(22)25(30)31)27-26(32)34-15-21-19-10-5-3-8-17(19)18-9-4-6-11-20(18)21/h3-6,8-11,16,21-22,24H,2,7,12-15H2,1H3,(H,27,32)(H,28,29)(H,30,31)/t16-,22+,24-/m0/s1. The van der Waals surface area contributed by atoms with Crippen LogP contribution in [0.3, 0.4) is 0 Å². The number of carboxylic acids is 1. The van der Waals surface area contributed by atoms with Crippen molar-refractivity contribution in [1.82, 2.24) is 10.6 Å². The predicted octanol–water partition coefficient (Wildman–Crippen LogP) is 3.44. The number of carbonyl (C=O) groups excluding carboxylic acids is 2. The first-order chi connectivity index (χ1) is 16.5. The van der Waals surface area contributed by atoms with E-state index in [0.29, 0.717) is 12.8 Å². The lowest BCUT2D eigenvalue weighted by Crippen LogP contribution is -2.46. The number of amides is 2. The topological polar surface area (TPSA) is 114 Å². The maximum absolute atomic E-state index is 12.6. The number of rotatable bonds is 9. The molecule has 8 heteroatoms. The van der Waals surface area contributed by atoms with Crippen LogP contribution in [0.25, 0.3) is 11.1 Å². The number of carbonyl (C=O) groups is 3. The van der Waals surface area contributed by atoms with Gasteiger partial charge in [-0.15, -0.1) is 0 Å². The largest absolute Gasteiger partial charge is 0.479 e. The smallest absolute Gasteiger partial charge is 0.407 e. The lowest BCUT2D eigenvalue weighted by molar-refractivity contribution is -0.148. The number of hydrogen-bond acceptors (Lipinski definition) is 5. The number of ether oxygens (including phenoxy) is 2. The monoisotopic (exact) mass is 466 g/mol. The Morgan fingerprint density at radius 1 is 1.09 bits per heavy atom. The maximum atomic E-state index is 12.6. The van der Waals surface area contributed by atoms with Gasteiger partial charge in [-0.25, -0.2) is 9.59 Å². The van der Waals surface area contributed by atoms with Crippen molar-refractivity contribution in [3.05, 3.63) is 59.7 Å². The minimum Gasteiger partial charge on any atom is -0.479 e. The molecule has 3 atom stereocenters. The molecule has 34 heavy (non-hydrogen) atoms. The third kappa shape index (κ3) is 5.22. The second kappa shape index (κ2) is 10.7. The molecule has 4 rings (SSSR count). The third-order valence-corrected chi connectivity index (χ3v) is 6.42. The number of alkyl carbamates (subject to hydrolysis) is 1. The summed E-state index contributed by atoms with van der Waals surface area (Å²) < 4.78 is 10.8. The Hall–Kier alpha value is -3.39. The van der Waals surface area contributed by atoms with Gasteiger partial charge in [0.05, 0.1) is 6.04 Å². The molecule has 1 heterocycles. The van der Waals surface area contributed by atoms with E-state index in [9.17, 15) is 19.5 Å². The summed E-state index contributed by atoms with van der Waals surface area (Å²) in [6.45, 7) is 2.46. The zero-order valence-corrected chi connectivity index (χ0v) is 19.2. The Morgan fingerprint density at radius 3 is 2.35 bits per heavy atom. The van der Waals surface area contributed by atoms with Crippen LogP contribution in [-0.4, -0.2) is 54.5 Å². The van der Waals surface area contributed by atoms with Crippen LogP contribution >= 0.6 is 0 Å². The Morgan fingerprint density at radius 2 is 1.74 bits per heavy atom. The lowest BCUT2D eigenvalue weighted by Gasteiger charge is -2.21. The van der Waals surface area contributed by atoms with E-state index in [1.165, 1.54) is 0 Å².